The van der Waals surface area contributed by atoms with Crippen molar-refractivity contribution >= 4 is 17.7 Å². The van der Waals surface area contributed by atoms with Gasteiger partial charge in [-0.3, -0.25) is 9.36 Å². The van der Waals surface area contributed by atoms with Gasteiger partial charge in [0, 0.05) is 6.04 Å². The first-order valence-electron chi connectivity index (χ1n) is 6.18. The van der Waals surface area contributed by atoms with E-state index in [2.05, 4.69) is 10.2 Å². The maximum atomic E-state index is 13.4. The van der Waals surface area contributed by atoms with Crippen LogP contribution in [0.5, 0.6) is 5.75 Å². The highest BCUT2D eigenvalue weighted by molar-refractivity contribution is 7.99. The lowest BCUT2D eigenvalue weighted by Gasteiger charge is -2.14. The molecule has 0 aliphatic rings. The van der Waals surface area contributed by atoms with E-state index in [0.717, 1.165) is 17.8 Å². The molecule has 0 amide bonds. The summed E-state index contributed by atoms with van der Waals surface area (Å²) in [7, 11) is 0. The molecule has 0 spiro atoms. The SMILES string of the molecule is CC(C)n1c(SCC(=O)O)nnc1-c1cc(F)ccc1O. The molecule has 8 heteroatoms. The predicted octanol–water partition coefficient (Wildman–Crippen LogP) is 2.55. The zero-order valence-electron chi connectivity index (χ0n) is 11.4. The summed E-state index contributed by atoms with van der Waals surface area (Å²) < 4.78 is 15.0. The van der Waals surface area contributed by atoms with Gasteiger partial charge in [-0.05, 0) is 32.0 Å². The van der Waals surface area contributed by atoms with Gasteiger partial charge in [-0.2, -0.15) is 0 Å². The maximum absolute atomic E-state index is 13.4. The topological polar surface area (TPSA) is 88.2 Å². The monoisotopic (exact) mass is 311 g/mol. The van der Waals surface area contributed by atoms with Crippen LogP contribution in [0.25, 0.3) is 11.4 Å². The predicted molar refractivity (Wildman–Crippen MR) is 75.8 cm³/mol. The molecule has 0 saturated carbocycles. The molecule has 0 saturated heterocycles. The Labute approximate surface area is 124 Å². The Morgan fingerprint density at radius 1 is 1.43 bits per heavy atom. The van der Waals surface area contributed by atoms with Gasteiger partial charge in [0.25, 0.3) is 0 Å². The van der Waals surface area contributed by atoms with Crippen molar-refractivity contribution in [1.82, 2.24) is 14.8 Å². The average molecular weight is 311 g/mol. The van der Waals surface area contributed by atoms with Crippen LogP contribution in [0.4, 0.5) is 4.39 Å². The Kier molecular flexibility index (Phi) is 4.46. The number of carbonyl (C=O) groups is 1. The Bertz CT molecular complexity index is 673. The number of rotatable bonds is 5. The smallest absolute Gasteiger partial charge is 0.313 e. The van der Waals surface area contributed by atoms with Crippen LogP contribution in [-0.4, -0.2) is 36.7 Å². The summed E-state index contributed by atoms with van der Waals surface area (Å²) in [5.74, 6) is -1.43. The largest absolute Gasteiger partial charge is 0.507 e. The first kappa shape index (κ1) is 15.3. The molecule has 1 aromatic heterocycles. The van der Waals surface area contributed by atoms with Crippen molar-refractivity contribution in [2.24, 2.45) is 0 Å². The summed E-state index contributed by atoms with van der Waals surface area (Å²) in [6.07, 6.45) is 0. The van der Waals surface area contributed by atoms with Gasteiger partial charge >= 0.3 is 5.97 Å². The maximum Gasteiger partial charge on any atom is 0.313 e. The van der Waals surface area contributed by atoms with Gasteiger partial charge in [0.15, 0.2) is 11.0 Å². The van der Waals surface area contributed by atoms with Gasteiger partial charge in [0.2, 0.25) is 0 Å². The number of hydrogen-bond acceptors (Lipinski definition) is 5. The molecule has 0 unspecified atom stereocenters. The molecular weight excluding hydrogens is 297 g/mol. The van der Waals surface area contributed by atoms with Crippen LogP contribution in [0.15, 0.2) is 23.4 Å². The van der Waals surface area contributed by atoms with E-state index in [4.69, 9.17) is 5.11 Å². The lowest BCUT2D eigenvalue weighted by Crippen LogP contribution is -2.07. The van der Waals surface area contributed by atoms with Crippen molar-refractivity contribution in [3.63, 3.8) is 0 Å². The summed E-state index contributed by atoms with van der Waals surface area (Å²) in [6.45, 7) is 3.74. The third-order valence-electron chi connectivity index (χ3n) is 2.71. The minimum atomic E-state index is -0.964. The minimum Gasteiger partial charge on any atom is -0.507 e. The molecule has 21 heavy (non-hydrogen) atoms. The summed E-state index contributed by atoms with van der Waals surface area (Å²) in [5, 5.41) is 26.9. The number of aromatic hydroxyl groups is 1. The minimum absolute atomic E-state index is 0.0750. The molecule has 112 valence electrons. The molecule has 2 rings (SSSR count). The van der Waals surface area contributed by atoms with Crippen molar-refractivity contribution in [2.75, 3.05) is 5.75 Å². The van der Waals surface area contributed by atoms with E-state index in [0.29, 0.717) is 11.0 Å². The van der Waals surface area contributed by atoms with Crippen LogP contribution in [0, 0.1) is 5.82 Å². The highest BCUT2D eigenvalue weighted by Crippen LogP contribution is 2.33. The number of aliphatic carboxylic acids is 1. The average Bonchev–Trinajstić information content (AvgIpc) is 2.83. The van der Waals surface area contributed by atoms with E-state index < -0.39 is 11.8 Å². The van der Waals surface area contributed by atoms with Crippen LogP contribution in [0.1, 0.15) is 19.9 Å². The quantitative estimate of drug-likeness (QED) is 0.825. The molecule has 1 aromatic carbocycles. The van der Waals surface area contributed by atoms with E-state index in [-0.39, 0.29) is 23.1 Å². The number of carboxylic acids is 1. The molecule has 0 fully saturated rings. The van der Waals surface area contributed by atoms with Crippen molar-refractivity contribution in [3.05, 3.63) is 24.0 Å². The van der Waals surface area contributed by atoms with Crippen LogP contribution in [0.2, 0.25) is 0 Å². The summed E-state index contributed by atoms with van der Waals surface area (Å²) in [4.78, 5) is 10.7. The summed E-state index contributed by atoms with van der Waals surface area (Å²) in [6, 6.07) is 3.49. The molecule has 1 heterocycles. The van der Waals surface area contributed by atoms with Crippen LogP contribution in [0.3, 0.4) is 0 Å². The molecule has 0 aliphatic carbocycles. The van der Waals surface area contributed by atoms with E-state index in [1.54, 1.807) is 4.57 Å². The fourth-order valence-corrected chi connectivity index (χ4v) is 2.63. The third-order valence-corrected chi connectivity index (χ3v) is 3.63. The standard InChI is InChI=1S/C13H14FN3O3S/c1-7(2)17-12(9-5-8(14)3-4-10(9)18)15-16-13(17)21-6-11(19)20/h3-5,7,18H,6H2,1-2H3,(H,19,20). The number of phenols is 1. The van der Waals surface area contributed by atoms with Gasteiger partial charge in [-0.15, -0.1) is 10.2 Å². The Balaban J connectivity index is 2.49. The second kappa shape index (κ2) is 6.13. The molecule has 0 bridgehead atoms. The Hall–Kier alpha value is -2.09. The summed E-state index contributed by atoms with van der Waals surface area (Å²) in [5.41, 5.74) is 0.221. The van der Waals surface area contributed by atoms with Gasteiger partial charge in [0.1, 0.15) is 11.6 Å². The van der Waals surface area contributed by atoms with Crippen LogP contribution in [-0.2, 0) is 4.79 Å². The zero-order valence-corrected chi connectivity index (χ0v) is 12.3. The van der Waals surface area contributed by atoms with E-state index >= 15 is 0 Å². The summed E-state index contributed by atoms with van der Waals surface area (Å²) >= 11 is 1.02. The number of hydrogen-bond donors (Lipinski definition) is 2. The van der Waals surface area contributed by atoms with Crippen molar-refractivity contribution in [2.45, 2.75) is 25.0 Å². The first-order chi connectivity index (χ1) is 9.90. The molecule has 0 radical (unpaired) electrons. The van der Waals surface area contributed by atoms with Gasteiger partial charge in [0.05, 0.1) is 11.3 Å². The van der Waals surface area contributed by atoms with E-state index in [1.807, 2.05) is 13.8 Å². The number of thioether (sulfide) groups is 1. The number of benzene rings is 1. The zero-order chi connectivity index (χ0) is 15.6. The normalized spacial score (nSPS) is 11.0. The molecule has 6 nitrogen and oxygen atoms in total. The molecule has 2 N–H and O–H groups in total. The lowest BCUT2D eigenvalue weighted by atomic mass is 10.1. The van der Waals surface area contributed by atoms with Crippen molar-refractivity contribution in [1.29, 1.82) is 0 Å². The number of aromatic nitrogens is 3. The van der Waals surface area contributed by atoms with Crippen molar-refractivity contribution < 1.29 is 19.4 Å². The Morgan fingerprint density at radius 3 is 2.76 bits per heavy atom. The Morgan fingerprint density at radius 2 is 2.14 bits per heavy atom. The lowest BCUT2D eigenvalue weighted by molar-refractivity contribution is -0.133. The number of carboxylic acid groups (broad SMARTS) is 1. The first-order valence-corrected chi connectivity index (χ1v) is 7.17. The molecule has 0 aliphatic heterocycles. The third kappa shape index (κ3) is 3.33. The van der Waals surface area contributed by atoms with Crippen LogP contribution < -0.4 is 0 Å². The van der Waals surface area contributed by atoms with Gasteiger partial charge in [-0.1, -0.05) is 11.8 Å². The highest BCUT2D eigenvalue weighted by atomic mass is 32.2. The second-order valence-electron chi connectivity index (χ2n) is 4.61. The van der Waals surface area contributed by atoms with Gasteiger partial charge in [-0.25, -0.2) is 4.39 Å². The fraction of sp³-hybridized carbons (Fsp3) is 0.308. The van der Waals surface area contributed by atoms with E-state index in [1.165, 1.54) is 12.1 Å². The molecular formula is C13H14FN3O3S. The van der Waals surface area contributed by atoms with E-state index in [9.17, 15) is 14.3 Å². The van der Waals surface area contributed by atoms with Crippen LogP contribution >= 0.6 is 11.8 Å². The fourth-order valence-electron chi connectivity index (χ4n) is 1.84. The van der Waals surface area contributed by atoms with Crippen molar-refractivity contribution in [3.8, 4) is 17.1 Å². The second-order valence-corrected chi connectivity index (χ2v) is 5.56. The number of halogens is 1. The number of nitrogens with zero attached hydrogens (tertiary/aromatic N) is 3. The number of phenolic OH excluding ortho intramolecular Hbond substituents is 1. The molecule has 0 atom stereocenters. The molecule has 2 aromatic rings. The highest BCUT2D eigenvalue weighted by Gasteiger charge is 2.20. The van der Waals surface area contributed by atoms with Gasteiger partial charge < -0.3 is 10.2 Å².